The van der Waals surface area contributed by atoms with Crippen LogP contribution in [0.15, 0.2) is 51.1 Å². The second-order valence-electron chi connectivity index (χ2n) is 4.84. The summed E-state index contributed by atoms with van der Waals surface area (Å²) in [5, 5.41) is -0.508. The molecule has 3 rings (SSSR count). The first-order valence-corrected chi connectivity index (χ1v) is 8.29. The van der Waals surface area contributed by atoms with Crippen molar-refractivity contribution in [3.63, 3.8) is 0 Å². The van der Waals surface area contributed by atoms with E-state index >= 15 is 0 Å². The second kappa shape index (κ2) is 5.64. The zero-order valence-corrected chi connectivity index (χ0v) is 13.2. The molecule has 4 nitrogen and oxygen atoms in total. The summed E-state index contributed by atoms with van der Waals surface area (Å²) in [6.45, 7) is 0. The van der Waals surface area contributed by atoms with Gasteiger partial charge in [0.15, 0.2) is 11.6 Å². The molecule has 0 saturated heterocycles. The van der Waals surface area contributed by atoms with Crippen molar-refractivity contribution in [1.82, 2.24) is 4.98 Å². The van der Waals surface area contributed by atoms with Crippen LogP contribution in [0.2, 0.25) is 5.02 Å². The fourth-order valence-electron chi connectivity index (χ4n) is 2.21. The smallest absolute Gasteiger partial charge is 0.212 e. The Kier molecular flexibility index (Phi) is 3.89. The maximum atomic E-state index is 13.9. The van der Waals surface area contributed by atoms with E-state index < -0.39 is 47.9 Å². The number of nitrogens with one attached hydrogen (secondary N) is 1. The molecule has 0 radical (unpaired) electrons. The van der Waals surface area contributed by atoms with Crippen molar-refractivity contribution in [1.29, 1.82) is 0 Å². The predicted molar refractivity (Wildman–Crippen MR) is 81.3 cm³/mol. The summed E-state index contributed by atoms with van der Waals surface area (Å²) in [7, 11) is -4.49. The number of aromatic nitrogens is 1. The van der Waals surface area contributed by atoms with Crippen molar-refractivity contribution in [3.05, 3.63) is 69.2 Å². The van der Waals surface area contributed by atoms with E-state index in [1.54, 1.807) is 0 Å². The van der Waals surface area contributed by atoms with Crippen molar-refractivity contribution < 1.29 is 21.6 Å². The highest BCUT2D eigenvalue weighted by atomic mass is 35.5. The molecule has 0 unspecified atom stereocenters. The van der Waals surface area contributed by atoms with E-state index in [4.69, 9.17) is 11.6 Å². The molecule has 0 fully saturated rings. The molecule has 0 aliphatic rings. The normalized spacial score (nSPS) is 11.8. The number of fused-ring (bicyclic) bond motifs is 1. The summed E-state index contributed by atoms with van der Waals surface area (Å²) < 4.78 is 65.2. The summed E-state index contributed by atoms with van der Waals surface area (Å²) in [5.41, 5.74) is -1.20. The molecule has 0 atom stereocenters. The van der Waals surface area contributed by atoms with E-state index in [0.29, 0.717) is 12.1 Å². The number of H-pyrrole nitrogens is 1. The van der Waals surface area contributed by atoms with Crippen LogP contribution in [0.5, 0.6) is 0 Å². The third-order valence-corrected chi connectivity index (χ3v) is 5.46. The van der Waals surface area contributed by atoms with E-state index in [0.717, 1.165) is 18.3 Å². The van der Waals surface area contributed by atoms with Crippen LogP contribution in [0, 0.1) is 17.5 Å². The first-order chi connectivity index (χ1) is 11.2. The number of hydrogen-bond acceptors (Lipinski definition) is 3. The van der Waals surface area contributed by atoms with Gasteiger partial charge in [-0.25, -0.2) is 21.6 Å². The number of rotatable bonds is 2. The van der Waals surface area contributed by atoms with Gasteiger partial charge in [0, 0.05) is 6.20 Å². The Bertz CT molecular complexity index is 1140. The van der Waals surface area contributed by atoms with Crippen molar-refractivity contribution in [3.8, 4) is 0 Å². The molecule has 9 heteroatoms. The predicted octanol–water partition coefficient (Wildman–Crippen LogP) is 3.43. The van der Waals surface area contributed by atoms with Gasteiger partial charge in [-0.1, -0.05) is 11.6 Å². The molecular formula is C15H7ClF3NO3S. The van der Waals surface area contributed by atoms with Crippen LogP contribution in [-0.4, -0.2) is 13.4 Å². The molecule has 1 N–H and O–H groups in total. The molecule has 1 heterocycles. The molecule has 2 aromatic carbocycles. The average molecular weight is 374 g/mol. The Labute approximate surface area is 138 Å². The van der Waals surface area contributed by atoms with Gasteiger partial charge in [0.05, 0.1) is 20.8 Å². The number of pyridine rings is 1. The Morgan fingerprint density at radius 3 is 2.29 bits per heavy atom. The molecule has 0 aliphatic heterocycles. The highest BCUT2D eigenvalue weighted by Gasteiger charge is 2.25. The van der Waals surface area contributed by atoms with E-state index in [1.165, 1.54) is 6.07 Å². The lowest BCUT2D eigenvalue weighted by Gasteiger charge is -2.07. The van der Waals surface area contributed by atoms with Crippen molar-refractivity contribution in [2.45, 2.75) is 9.79 Å². The molecule has 0 spiro atoms. The highest BCUT2D eigenvalue weighted by Crippen LogP contribution is 2.25. The molecule has 0 bridgehead atoms. The van der Waals surface area contributed by atoms with Gasteiger partial charge in [0.1, 0.15) is 10.7 Å². The van der Waals surface area contributed by atoms with Crippen LogP contribution in [0.4, 0.5) is 13.2 Å². The van der Waals surface area contributed by atoms with E-state index in [-0.39, 0.29) is 10.5 Å². The van der Waals surface area contributed by atoms with Crippen molar-refractivity contribution >= 4 is 32.3 Å². The lowest BCUT2D eigenvalue weighted by Crippen LogP contribution is -2.17. The monoisotopic (exact) mass is 373 g/mol. The minimum absolute atomic E-state index is 0.0280. The highest BCUT2D eigenvalue weighted by molar-refractivity contribution is 7.91. The Morgan fingerprint density at radius 1 is 0.958 bits per heavy atom. The Balaban J connectivity index is 2.33. The Morgan fingerprint density at radius 2 is 1.62 bits per heavy atom. The summed E-state index contributed by atoms with van der Waals surface area (Å²) in [6.07, 6.45) is 0.840. The maximum Gasteiger partial charge on any atom is 0.212 e. The number of sulfone groups is 1. The molecule has 1 aromatic heterocycles. The van der Waals surface area contributed by atoms with Crippen LogP contribution >= 0.6 is 11.6 Å². The zero-order chi connectivity index (χ0) is 17.6. The first-order valence-electron chi connectivity index (χ1n) is 6.43. The summed E-state index contributed by atoms with van der Waals surface area (Å²) in [4.78, 5) is 13.4. The van der Waals surface area contributed by atoms with Crippen LogP contribution in [-0.2, 0) is 9.84 Å². The second-order valence-corrected chi connectivity index (χ2v) is 7.17. The van der Waals surface area contributed by atoms with Gasteiger partial charge in [0.25, 0.3) is 0 Å². The van der Waals surface area contributed by atoms with Gasteiger partial charge in [-0.05, 0) is 30.3 Å². The van der Waals surface area contributed by atoms with Gasteiger partial charge >= 0.3 is 0 Å². The standard InChI is InChI=1S/C15H7ClF3NO3S/c16-8-2-4-10(18)13-14(8)20-6-12(15(13)21)24(22,23)7-1-3-9(17)11(19)5-7/h1-6H,(H,20,21). The molecule has 124 valence electrons. The number of halogens is 4. The number of aromatic amines is 1. The van der Waals surface area contributed by atoms with Crippen LogP contribution in [0.25, 0.3) is 10.9 Å². The summed E-state index contributed by atoms with van der Waals surface area (Å²) in [6, 6.07) is 4.01. The lowest BCUT2D eigenvalue weighted by atomic mass is 10.2. The lowest BCUT2D eigenvalue weighted by molar-refractivity contribution is 0.504. The molecule has 24 heavy (non-hydrogen) atoms. The van der Waals surface area contributed by atoms with E-state index in [1.807, 2.05) is 0 Å². The summed E-state index contributed by atoms with van der Waals surface area (Å²) >= 11 is 5.85. The number of benzene rings is 2. The van der Waals surface area contributed by atoms with Gasteiger partial charge in [-0.2, -0.15) is 0 Å². The molecular weight excluding hydrogens is 367 g/mol. The SMILES string of the molecule is O=c1c(S(=O)(=O)c2ccc(F)c(F)c2)c[nH]c2c(Cl)ccc(F)c12. The third kappa shape index (κ3) is 2.47. The fraction of sp³-hybridized carbons (Fsp3) is 0. The molecule has 0 amide bonds. The number of hydrogen-bond donors (Lipinski definition) is 1. The van der Waals surface area contributed by atoms with Gasteiger partial charge in [-0.15, -0.1) is 0 Å². The minimum atomic E-state index is -4.49. The quantitative estimate of drug-likeness (QED) is 0.700. The molecule has 0 saturated carbocycles. The topological polar surface area (TPSA) is 67.0 Å². The fourth-order valence-corrected chi connectivity index (χ4v) is 3.74. The largest absolute Gasteiger partial charge is 0.358 e. The Hall–Kier alpha value is -2.32. The average Bonchev–Trinajstić information content (AvgIpc) is 2.53. The van der Waals surface area contributed by atoms with Gasteiger partial charge in [-0.3, -0.25) is 4.79 Å². The first kappa shape index (κ1) is 16.5. The summed E-state index contributed by atoms with van der Waals surface area (Å²) in [5.74, 6) is -3.58. The third-order valence-electron chi connectivity index (χ3n) is 3.39. The molecule has 0 aliphatic carbocycles. The van der Waals surface area contributed by atoms with Gasteiger partial charge in [0.2, 0.25) is 15.3 Å². The van der Waals surface area contributed by atoms with Crippen molar-refractivity contribution in [2.24, 2.45) is 0 Å². The maximum absolute atomic E-state index is 13.9. The molecule has 3 aromatic rings. The van der Waals surface area contributed by atoms with Crippen molar-refractivity contribution in [2.75, 3.05) is 0 Å². The van der Waals surface area contributed by atoms with Crippen LogP contribution < -0.4 is 5.43 Å². The van der Waals surface area contributed by atoms with Gasteiger partial charge < -0.3 is 4.98 Å². The van der Waals surface area contributed by atoms with Crippen LogP contribution in [0.3, 0.4) is 0 Å². The van der Waals surface area contributed by atoms with E-state index in [2.05, 4.69) is 4.98 Å². The zero-order valence-electron chi connectivity index (χ0n) is 11.6. The van der Waals surface area contributed by atoms with E-state index in [9.17, 15) is 26.4 Å². The minimum Gasteiger partial charge on any atom is -0.358 e. The van der Waals surface area contributed by atoms with Crippen LogP contribution in [0.1, 0.15) is 0 Å².